The summed E-state index contributed by atoms with van der Waals surface area (Å²) in [5, 5.41) is 0. The van der Waals surface area contributed by atoms with Gasteiger partial charge in [0.1, 0.15) is 0 Å². The van der Waals surface area contributed by atoms with E-state index in [0.717, 1.165) is 0 Å². The van der Waals surface area contributed by atoms with Gasteiger partial charge in [-0.2, -0.15) is 83.5 Å². The van der Waals surface area contributed by atoms with Crippen molar-refractivity contribution in [1.82, 2.24) is 0 Å². The monoisotopic (exact) mass is 816 g/mol. The summed E-state index contributed by atoms with van der Waals surface area (Å²) in [5.74, 6) is 0. The molecule has 0 aromatic heterocycles. The Balaban J connectivity index is -0.000000596. The Labute approximate surface area is 360 Å². The van der Waals surface area contributed by atoms with Crippen LogP contribution in [0.3, 0.4) is 0 Å². The minimum Gasteiger partial charge on any atom is -1.00 e. The maximum Gasteiger partial charge on any atom is 2.00 e. The largest absolute Gasteiger partial charge is 2.00 e. The van der Waals surface area contributed by atoms with Crippen LogP contribution >= 0.6 is 0 Å². The summed E-state index contributed by atoms with van der Waals surface area (Å²) in [6.45, 7) is 20.8. The van der Waals surface area contributed by atoms with Gasteiger partial charge in [0, 0.05) is 0 Å². The molecule has 0 radical (unpaired) electrons. The topological polar surface area (TPSA) is 0 Å². The van der Waals surface area contributed by atoms with Crippen molar-refractivity contribution < 1.29 is 102 Å². The number of fused-ring (bicyclic) bond motifs is 3. The van der Waals surface area contributed by atoms with Crippen molar-refractivity contribution in [3.05, 3.63) is 83.5 Å². The molecule has 6 heteroatoms. The van der Waals surface area contributed by atoms with Crippen LogP contribution in [0.4, 0.5) is 0 Å². The molecule has 3 aliphatic rings. The van der Waals surface area contributed by atoms with Crippen LogP contribution in [0.25, 0.3) is 0 Å². The molecule has 0 spiro atoms. The molecule has 0 saturated carbocycles. The second-order valence-corrected chi connectivity index (χ2v) is 13.4. The molecule has 264 valence electrons. The van der Waals surface area contributed by atoms with E-state index in [1.54, 1.807) is 83.5 Å². The van der Waals surface area contributed by atoms with Crippen molar-refractivity contribution in [2.45, 2.75) is 178 Å². The zero-order valence-electron chi connectivity index (χ0n) is 31.9. The van der Waals surface area contributed by atoms with Crippen LogP contribution in [-0.2, 0) is 142 Å². The summed E-state index contributed by atoms with van der Waals surface area (Å²) < 4.78 is 0. The first kappa shape index (κ1) is 53.4. The molecule has 6 rings (SSSR count). The van der Waals surface area contributed by atoms with Gasteiger partial charge in [-0.3, -0.25) is 0 Å². The molecule has 0 aliphatic heterocycles. The van der Waals surface area contributed by atoms with E-state index >= 15 is 0 Å². The summed E-state index contributed by atoms with van der Waals surface area (Å²) in [6, 6.07) is 0. The molecule has 0 amide bonds. The minimum absolute atomic E-state index is 0. The zero-order valence-corrected chi connectivity index (χ0v) is 38.8. The van der Waals surface area contributed by atoms with E-state index in [1.165, 1.54) is 116 Å². The van der Waals surface area contributed by atoms with Crippen molar-refractivity contribution in [2.75, 3.05) is 0 Å². The average molecular weight is 818 g/mol. The van der Waals surface area contributed by atoms with Gasteiger partial charge < -0.3 is 37.2 Å². The Hall–Kier alpha value is 1.06. The molecule has 0 nitrogen and oxygen atoms in total. The van der Waals surface area contributed by atoms with E-state index in [-0.39, 0.29) is 102 Å². The van der Waals surface area contributed by atoms with Gasteiger partial charge in [-0.1, -0.05) is 178 Å². The fourth-order valence-electron chi connectivity index (χ4n) is 9.49. The molecule has 48 heavy (non-hydrogen) atoms. The van der Waals surface area contributed by atoms with Gasteiger partial charge in [0.05, 0.1) is 0 Å². The Bertz CT molecular complexity index is 1080. The van der Waals surface area contributed by atoms with E-state index in [9.17, 15) is 0 Å². The number of rotatable bonds is 6. The molecule has 0 bridgehead atoms. The minimum atomic E-state index is 0. The van der Waals surface area contributed by atoms with Gasteiger partial charge in [-0.05, 0) is 0 Å². The molecule has 0 fully saturated rings. The predicted molar refractivity (Wildman–Crippen MR) is 187 cm³/mol. The third-order valence-electron chi connectivity index (χ3n) is 11.4. The standard InChI is InChI=1S/3C14H21.3ClH.3Ti/c3*1-4-11-10(3)12(5-2)14-9-7-6-8-13(11)14;;;;;;/h3*4-9H2,1-3H3;3*1H;;;/q3*-1;;;;3*+2/p-3. The summed E-state index contributed by atoms with van der Waals surface area (Å²) in [7, 11) is 0. The Morgan fingerprint density at radius 1 is 0.375 bits per heavy atom. The SMILES string of the molecule is CCc1c2c([c-](CC)c1C)CCCC2.CCc1c2c([c-](CC)c1C)CCCC2.CCc1c2c([c-](CC)c1C)CCCC2.[Cl-].[Cl-].[Cl-].[Ti+2].[Ti+2].[Ti+2]. The Morgan fingerprint density at radius 2 is 0.583 bits per heavy atom. The van der Waals surface area contributed by atoms with Crippen LogP contribution in [0.2, 0.25) is 0 Å². The number of halogens is 3. The molecule has 0 atom stereocenters. The Kier molecular flexibility index (Phi) is 28.9. The molecule has 3 aromatic carbocycles. The van der Waals surface area contributed by atoms with Crippen LogP contribution in [0, 0.1) is 20.8 Å². The van der Waals surface area contributed by atoms with Gasteiger partial charge in [-0.25, -0.2) is 0 Å². The Morgan fingerprint density at radius 3 is 0.771 bits per heavy atom. The molecular weight excluding hydrogens is 754 g/mol. The van der Waals surface area contributed by atoms with Crippen LogP contribution in [-0.4, -0.2) is 0 Å². The molecule has 0 N–H and O–H groups in total. The van der Waals surface area contributed by atoms with Crippen LogP contribution in [0.5, 0.6) is 0 Å². The quantitative estimate of drug-likeness (QED) is 0.265. The summed E-state index contributed by atoms with van der Waals surface area (Å²) in [6.07, 6.45) is 23.9. The third-order valence-corrected chi connectivity index (χ3v) is 11.4. The van der Waals surface area contributed by atoms with E-state index in [4.69, 9.17) is 0 Å². The molecule has 0 heterocycles. The normalized spacial score (nSPS) is 13.7. The van der Waals surface area contributed by atoms with Crippen LogP contribution in [0.1, 0.15) is 164 Å². The second kappa shape index (κ2) is 25.9. The molecule has 0 unspecified atom stereocenters. The molecular formula is C42H63Cl3Ti3. The molecule has 0 saturated heterocycles. The fraction of sp³-hybridized carbons (Fsp3) is 0.643. The first-order valence-electron chi connectivity index (χ1n) is 18.2. The second-order valence-electron chi connectivity index (χ2n) is 13.4. The molecule has 3 aromatic rings. The van der Waals surface area contributed by atoms with Crippen molar-refractivity contribution >= 4 is 0 Å². The number of hydrogen-bond acceptors (Lipinski definition) is 0. The van der Waals surface area contributed by atoms with Gasteiger partial charge in [0.15, 0.2) is 0 Å². The van der Waals surface area contributed by atoms with Gasteiger partial charge in [-0.15, -0.1) is 0 Å². The van der Waals surface area contributed by atoms with E-state index in [0.29, 0.717) is 0 Å². The zero-order chi connectivity index (χ0) is 30.4. The summed E-state index contributed by atoms with van der Waals surface area (Å²) >= 11 is 0. The van der Waals surface area contributed by atoms with Crippen molar-refractivity contribution in [3.8, 4) is 0 Å². The van der Waals surface area contributed by atoms with E-state index in [1.807, 2.05) is 0 Å². The van der Waals surface area contributed by atoms with Crippen LogP contribution < -0.4 is 37.2 Å². The van der Waals surface area contributed by atoms with Crippen molar-refractivity contribution in [3.63, 3.8) is 0 Å². The van der Waals surface area contributed by atoms with Crippen LogP contribution in [0.15, 0.2) is 0 Å². The maximum atomic E-state index is 2.33. The smallest absolute Gasteiger partial charge is 1.00 e. The first-order valence-corrected chi connectivity index (χ1v) is 18.2. The number of hydrogen-bond donors (Lipinski definition) is 0. The van der Waals surface area contributed by atoms with Gasteiger partial charge in [0.2, 0.25) is 0 Å². The van der Waals surface area contributed by atoms with Crippen molar-refractivity contribution in [2.24, 2.45) is 0 Å². The fourth-order valence-corrected chi connectivity index (χ4v) is 9.49. The maximum absolute atomic E-state index is 2.33. The molecule has 3 aliphatic carbocycles. The van der Waals surface area contributed by atoms with Gasteiger partial charge >= 0.3 is 65.2 Å². The predicted octanol–water partition coefficient (Wildman–Crippen LogP) is 2.16. The van der Waals surface area contributed by atoms with E-state index in [2.05, 4.69) is 62.3 Å². The third kappa shape index (κ3) is 11.3. The van der Waals surface area contributed by atoms with E-state index < -0.39 is 0 Å². The van der Waals surface area contributed by atoms with Gasteiger partial charge in [0.25, 0.3) is 0 Å². The first-order chi connectivity index (χ1) is 20.4. The summed E-state index contributed by atoms with van der Waals surface area (Å²) in [4.78, 5) is 0. The summed E-state index contributed by atoms with van der Waals surface area (Å²) in [5.41, 5.74) is 25.3. The van der Waals surface area contributed by atoms with Crippen molar-refractivity contribution in [1.29, 1.82) is 0 Å². The average Bonchev–Trinajstić information content (AvgIpc) is 3.58.